The number of H-pyrrole nitrogens is 1. The van der Waals surface area contributed by atoms with Crippen LogP contribution < -0.4 is 5.48 Å². The number of aromatic nitrogens is 1. The molecule has 1 aliphatic rings. The van der Waals surface area contributed by atoms with E-state index in [1.165, 1.54) is 7.11 Å². The van der Waals surface area contributed by atoms with Crippen LogP contribution >= 0.6 is 11.6 Å². The molecule has 0 spiro atoms. The second-order valence-electron chi connectivity index (χ2n) is 6.37. The number of ether oxygens (including phenoxy) is 1. The van der Waals surface area contributed by atoms with Crippen LogP contribution in [0, 0.1) is 0 Å². The minimum Gasteiger partial charge on any atom is -0.474 e. The minimum atomic E-state index is -0.541. The molecular formula is C20H21ClN2O4. The van der Waals surface area contributed by atoms with Gasteiger partial charge in [0, 0.05) is 27.2 Å². The van der Waals surface area contributed by atoms with Crippen molar-refractivity contribution in [3.8, 4) is 0 Å². The smallest absolute Gasteiger partial charge is 0.279 e. The lowest BCUT2D eigenvalue weighted by Crippen LogP contribution is -2.24. The number of aromatic amines is 1. The summed E-state index contributed by atoms with van der Waals surface area (Å²) in [5, 5.41) is 1.56. The quantitative estimate of drug-likeness (QED) is 0.427. The van der Waals surface area contributed by atoms with Crippen LogP contribution in [-0.4, -0.2) is 30.0 Å². The van der Waals surface area contributed by atoms with Crippen LogP contribution in [0.4, 0.5) is 0 Å². The Morgan fingerprint density at radius 1 is 1.37 bits per heavy atom. The summed E-state index contributed by atoms with van der Waals surface area (Å²) in [4.78, 5) is 32.0. The van der Waals surface area contributed by atoms with Crippen LogP contribution in [0.2, 0.25) is 5.02 Å². The standard InChI is InChI=1S/C20H21ClN2O4/c1-3-4-5-6-16-18(19(17(11-24)27-16)20(25)23-26-2)15-9-12-7-8-13(21)10-14(12)22-15/h7-10,16,22H,3-6H2,1-2H3,(H,23,25). The molecule has 0 fully saturated rings. The zero-order valence-electron chi connectivity index (χ0n) is 15.2. The number of hydrogen-bond donors (Lipinski definition) is 2. The van der Waals surface area contributed by atoms with Crippen LogP contribution in [-0.2, 0) is 19.2 Å². The van der Waals surface area contributed by atoms with Gasteiger partial charge in [-0.15, -0.1) is 0 Å². The average molecular weight is 389 g/mol. The molecule has 142 valence electrons. The molecule has 7 heteroatoms. The number of unbranched alkanes of at least 4 members (excludes halogenated alkanes) is 2. The molecule has 1 amide bonds. The maximum absolute atomic E-state index is 12.5. The van der Waals surface area contributed by atoms with Gasteiger partial charge in [0.1, 0.15) is 11.7 Å². The van der Waals surface area contributed by atoms with E-state index in [1.54, 1.807) is 12.0 Å². The van der Waals surface area contributed by atoms with Gasteiger partial charge in [0.05, 0.1) is 7.11 Å². The Morgan fingerprint density at radius 3 is 2.89 bits per heavy atom. The molecule has 1 aromatic carbocycles. The zero-order valence-corrected chi connectivity index (χ0v) is 16.0. The minimum absolute atomic E-state index is 0.0993. The van der Waals surface area contributed by atoms with Gasteiger partial charge in [-0.3, -0.25) is 9.63 Å². The van der Waals surface area contributed by atoms with E-state index in [0.717, 1.165) is 30.2 Å². The molecule has 0 saturated carbocycles. The monoisotopic (exact) mass is 388 g/mol. The van der Waals surface area contributed by atoms with Crippen molar-refractivity contribution in [1.82, 2.24) is 10.5 Å². The van der Waals surface area contributed by atoms with E-state index in [1.807, 2.05) is 18.2 Å². The highest BCUT2D eigenvalue weighted by Gasteiger charge is 2.37. The molecule has 0 saturated heterocycles. The second-order valence-corrected chi connectivity index (χ2v) is 6.81. The number of fused-ring (bicyclic) bond motifs is 1. The molecule has 0 radical (unpaired) electrons. The van der Waals surface area contributed by atoms with E-state index in [2.05, 4.69) is 17.4 Å². The van der Waals surface area contributed by atoms with E-state index >= 15 is 0 Å². The molecule has 27 heavy (non-hydrogen) atoms. The molecule has 2 heterocycles. The Kier molecular flexibility index (Phi) is 6.01. The lowest BCUT2D eigenvalue weighted by atomic mass is 9.97. The molecule has 6 nitrogen and oxygen atoms in total. The lowest BCUT2D eigenvalue weighted by molar-refractivity contribution is -0.127. The van der Waals surface area contributed by atoms with Gasteiger partial charge >= 0.3 is 0 Å². The maximum Gasteiger partial charge on any atom is 0.279 e. The molecule has 0 bridgehead atoms. The van der Waals surface area contributed by atoms with Gasteiger partial charge < -0.3 is 9.72 Å². The van der Waals surface area contributed by atoms with E-state index in [4.69, 9.17) is 21.2 Å². The largest absolute Gasteiger partial charge is 0.474 e. The summed E-state index contributed by atoms with van der Waals surface area (Å²) in [7, 11) is 1.34. The summed E-state index contributed by atoms with van der Waals surface area (Å²) < 4.78 is 5.78. The summed E-state index contributed by atoms with van der Waals surface area (Å²) in [5.41, 5.74) is 4.59. The lowest BCUT2D eigenvalue weighted by Gasteiger charge is -2.13. The normalized spacial score (nSPS) is 16.6. The summed E-state index contributed by atoms with van der Waals surface area (Å²) in [6.45, 7) is 2.11. The Balaban J connectivity index is 2.11. The maximum atomic E-state index is 12.5. The van der Waals surface area contributed by atoms with Crippen molar-refractivity contribution in [3.05, 3.63) is 46.3 Å². The third kappa shape index (κ3) is 3.93. The number of benzene rings is 1. The Bertz CT molecular complexity index is 941. The topological polar surface area (TPSA) is 80.4 Å². The van der Waals surface area contributed by atoms with E-state index < -0.39 is 12.0 Å². The third-order valence-corrected chi connectivity index (χ3v) is 4.77. The number of hydroxylamine groups is 1. The molecule has 0 aliphatic carbocycles. The fourth-order valence-electron chi connectivity index (χ4n) is 3.32. The highest BCUT2D eigenvalue weighted by Crippen LogP contribution is 2.39. The highest BCUT2D eigenvalue weighted by atomic mass is 35.5. The number of rotatable bonds is 7. The summed E-state index contributed by atoms with van der Waals surface area (Å²) in [6, 6.07) is 7.43. The molecular weight excluding hydrogens is 368 g/mol. The van der Waals surface area contributed by atoms with E-state index in [9.17, 15) is 9.59 Å². The summed E-state index contributed by atoms with van der Waals surface area (Å²) in [5.74, 6) is 1.11. The molecule has 1 atom stereocenters. The molecule has 1 aromatic heterocycles. The van der Waals surface area contributed by atoms with Gasteiger partial charge in [0.2, 0.25) is 5.76 Å². The second kappa shape index (κ2) is 8.44. The Hall–Kier alpha value is -2.53. The fraction of sp³-hybridized carbons (Fsp3) is 0.350. The fourth-order valence-corrected chi connectivity index (χ4v) is 3.50. The van der Waals surface area contributed by atoms with Crippen LogP contribution in [0.25, 0.3) is 16.5 Å². The number of carbonyl (C=O) groups excluding carboxylic acids is 2. The van der Waals surface area contributed by atoms with E-state index in [-0.39, 0.29) is 11.3 Å². The van der Waals surface area contributed by atoms with Gasteiger partial charge in [-0.1, -0.05) is 37.4 Å². The van der Waals surface area contributed by atoms with Gasteiger partial charge in [0.15, 0.2) is 5.94 Å². The first kappa shape index (κ1) is 19.2. The SMILES string of the molecule is CCCCCC1OC(=C=O)C(C(=O)NOC)=C1c1cc2ccc(Cl)cc2[nH]1. The van der Waals surface area contributed by atoms with Crippen molar-refractivity contribution >= 4 is 39.9 Å². The van der Waals surface area contributed by atoms with Crippen molar-refractivity contribution < 1.29 is 19.2 Å². The van der Waals surface area contributed by atoms with Crippen molar-refractivity contribution in [2.75, 3.05) is 7.11 Å². The van der Waals surface area contributed by atoms with Crippen LogP contribution in [0.15, 0.2) is 35.6 Å². The Morgan fingerprint density at radius 2 is 2.19 bits per heavy atom. The first-order chi connectivity index (χ1) is 13.1. The number of hydrogen-bond acceptors (Lipinski definition) is 4. The van der Waals surface area contributed by atoms with Gasteiger partial charge in [-0.05, 0) is 31.0 Å². The predicted octanol–water partition coefficient (Wildman–Crippen LogP) is 3.95. The zero-order chi connectivity index (χ0) is 19.4. The first-order valence-electron chi connectivity index (χ1n) is 8.87. The average Bonchev–Trinajstić information content (AvgIpc) is 3.22. The number of nitrogens with one attached hydrogen (secondary N) is 2. The van der Waals surface area contributed by atoms with Crippen molar-refractivity contribution in [1.29, 1.82) is 0 Å². The van der Waals surface area contributed by atoms with Crippen LogP contribution in [0.3, 0.4) is 0 Å². The molecule has 1 unspecified atom stereocenters. The van der Waals surface area contributed by atoms with E-state index in [0.29, 0.717) is 22.7 Å². The predicted molar refractivity (Wildman–Crippen MR) is 104 cm³/mol. The van der Waals surface area contributed by atoms with Crippen molar-refractivity contribution in [2.24, 2.45) is 0 Å². The number of amides is 1. The molecule has 2 N–H and O–H groups in total. The van der Waals surface area contributed by atoms with Gasteiger partial charge in [-0.25, -0.2) is 10.3 Å². The summed E-state index contributed by atoms with van der Waals surface area (Å²) >= 11 is 6.07. The number of halogens is 1. The number of carbonyl (C=O) groups is 1. The molecule has 1 aliphatic heterocycles. The molecule has 3 rings (SSSR count). The van der Waals surface area contributed by atoms with Crippen LogP contribution in [0.5, 0.6) is 0 Å². The van der Waals surface area contributed by atoms with Crippen LogP contribution in [0.1, 0.15) is 38.3 Å². The highest BCUT2D eigenvalue weighted by molar-refractivity contribution is 6.31. The van der Waals surface area contributed by atoms with Gasteiger partial charge in [-0.2, -0.15) is 0 Å². The van der Waals surface area contributed by atoms with Crippen molar-refractivity contribution in [3.63, 3.8) is 0 Å². The Labute approximate surface area is 162 Å². The summed E-state index contributed by atoms with van der Waals surface area (Å²) in [6.07, 6.45) is 3.30. The first-order valence-corrected chi connectivity index (χ1v) is 9.25. The third-order valence-electron chi connectivity index (χ3n) is 4.54. The van der Waals surface area contributed by atoms with Gasteiger partial charge in [0.25, 0.3) is 5.91 Å². The molecule has 2 aromatic rings. The van der Waals surface area contributed by atoms with Crippen molar-refractivity contribution in [2.45, 2.75) is 38.7 Å².